The van der Waals surface area contributed by atoms with E-state index >= 15 is 0 Å². The lowest BCUT2D eigenvalue weighted by atomic mass is 9.75. The van der Waals surface area contributed by atoms with Gasteiger partial charge in [0, 0.05) is 17.5 Å². The van der Waals surface area contributed by atoms with Gasteiger partial charge in [0.1, 0.15) is 5.76 Å². The van der Waals surface area contributed by atoms with Crippen LogP contribution in [0, 0.1) is 12.3 Å². The van der Waals surface area contributed by atoms with Crippen molar-refractivity contribution in [1.82, 2.24) is 0 Å². The number of anilines is 1. The summed E-state index contributed by atoms with van der Waals surface area (Å²) in [7, 11) is 0. The van der Waals surface area contributed by atoms with Gasteiger partial charge in [-0.25, -0.2) is 0 Å². The van der Waals surface area contributed by atoms with Gasteiger partial charge in [-0.15, -0.1) is 0 Å². The van der Waals surface area contributed by atoms with Crippen LogP contribution in [0.3, 0.4) is 0 Å². The van der Waals surface area contributed by atoms with Crippen LogP contribution in [0.2, 0.25) is 15.1 Å². The van der Waals surface area contributed by atoms with Crippen molar-refractivity contribution in [3.8, 4) is 0 Å². The van der Waals surface area contributed by atoms with Crippen LogP contribution < -0.4 is 5.32 Å². The molecule has 1 aliphatic rings. The molecule has 1 aliphatic carbocycles. The Balaban J connectivity index is 1.93. The minimum atomic E-state index is -0.641. The number of aliphatic hydroxyl groups excluding tert-OH is 1. The molecule has 1 unspecified atom stereocenters. The SMILES string of the molecule is Cc1c(C(=O)Nc2cc(Cl)c(Cl)cc2Cl)oc2c1C(O)CC(C)(C)C2. The number of aliphatic hydroxyl groups is 1. The predicted octanol–water partition coefficient (Wildman–Crippen LogP) is 5.81. The van der Waals surface area contributed by atoms with Gasteiger partial charge in [0.15, 0.2) is 5.76 Å². The summed E-state index contributed by atoms with van der Waals surface area (Å²) in [6.07, 6.45) is 0.652. The van der Waals surface area contributed by atoms with Gasteiger partial charge in [0.25, 0.3) is 5.91 Å². The van der Waals surface area contributed by atoms with Crippen molar-refractivity contribution in [1.29, 1.82) is 0 Å². The average molecular weight is 403 g/mol. The molecule has 0 fully saturated rings. The highest BCUT2D eigenvalue weighted by Crippen LogP contribution is 2.44. The van der Waals surface area contributed by atoms with Gasteiger partial charge in [-0.2, -0.15) is 0 Å². The second kappa shape index (κ2) is 6.51. The van der Waals surface area contributed by atoms with Gasteiger partial charge in [-0.3, -0.25) is 4.79 Å². The van der Waals surface area contributed by atoms with E-state index in [-0.39, 0.29) is 21.2 Å². The molecule has 1 aromatic heterocycles. The highest BCUT2D eigenvalue weighted by atomic mass is 35.5. The Kier molecular flexibility index (Phi) is 4.84. The Bertz CT molecular complexity index is 858. The summed E-state index contributed by atoms with van der Waals surface area (Å²) in [5, 5.41) is 14.0. The number of hydrogen-bond donors (Lipinski definition) is 2. The van der Waals surface area contributed by atoms with Crippen LogP contribution in [-0.4, -0.2) is 11.0 Å². The topological polar surface area (TPSA) is 62.5 Å². The largest absolute Gasteiger partial charge is 0.455 e. The van der Waals surface area contributed by atoms with Crippen LogP contribution in [-0.2, 0) is 6.42 Å². The van der Waals surface area contributed by atoms with E-state index < -0.39 is 12.0 Å². The number of nitrogens with one attached hydrogen (secondary N) is 1. The van der Waals surface area contributed by atoms with Crippen molar-refractivity contribution < 1.29 is 14.3 Å². The van der Waals surface area contributed by atoms with Gasteiger partial charge in [-0.05, 0) is 30.9 Å². The molecule has 1 amide bonds. The van der Waals surface area contributed by atoms with E-state index in [2.05, 4.69) is 19.2 Å². The Hall–Kier alpha value is -1.20. The van der Waals surface area contributed by atoms with E-state index in [4.69, 9.17) is 39.2 Å². The average Bonchev–Trinajstić information content (AvgIpc) is 2.80. The third kappa shape index (κ3) is 3.54. The molecule has 1 heterocycles. The fraction of sp³-hybridized carbons (Fsp3) is 0.389. The Morgan fingerprint density at radius 3 is 2.56 bits per heavy atom. The smallest absolute Gasteiger partial charge is 0.291 e. The number of fused-ring (bicyclic) bond motifs is 1. The van der Waals surface area contributed by atoms with Crippen molar-refractivity contribution in [2.75, 3.05) is 5.32 Å². The van der Waals surface area contributed by atoms with Crippen molar-refractivity contribution in [2.45, 2.75) is 39.7 Å². The minimum absolute atomic E-state index is 0.0858. The predicted molar refractivity (Wildman–Crippen MR) is 99.9 cm³/mol. The molecule has 2 N–H and O–H groups in total. The fourth-order valence-corrected chi connectivity index (χ4v) is 3.89. The molecule has 7 heteroatoms. The number of hydrogen-bond acceptors (Lipinski definition) is 3. The summed E-state index contributed by atoms with van der Waals surface area (Å²) in [5.74, 6) is 0.382. The number of benzene rings is 1. The molecular weight excluding hydrogens is 385 g/mol. The maximum atomic E-state index is 12.6. The molecule has 0 saturated heterocycles. The summed E-state index contributed by atoms with van der Waals surface area (Å²) < 4.78 is 5.80. The molecular formula is C18H18Cl3NO3. The Morgan fingerprint density at radius 1 is 1.24 bits per heavy atom. The zero-order valence-corrected chi connectivity index (χ0v) is 16.3. The van der Waals surface area contributed by atoms with Crippen molar-refractivity contribution in [2.24, 2.45) is 5.41 Å². The van der Waals surface area contributed by atoms with E-state index in [9.17, 15) is 9.90 Å². The lowest BCUT2D eigenvalue weighted by molar-refractivity contribution is 0.0910. The number of furan rings is 1. The molecule has 25 heavy (non-hydrogen) atoms. The highest BCUT2D eigenvalue weighted by molar-refractivity contribution is 6.44. The van der Waals surface area contributed by atoms with Crippen molar-refractivity contribution >= 4 is 46.4 Å². The maximum Gasteiger partial charge on any atom is 0.291 e. The molecule has 0 spiro atoms. The summed E-state index contributed by atoms with van der Waals surface area (Å²) in [5.41, 5.74) is 1.62. The van der Waals surface area contributed by atoms with Crippen LogP contribution in [0.5, 0.6) is 0 Å². The molecule has 134 valence electrons. The minimum Gasteiger partial charge on any atom is -0.455 e. The molecule has 1 atom stereocenters. The van der Waals surface area contributed by atoms with Crippen molar-refractivity contribution in [3.63, 3.8) is 0 Å². The summed E-state index contributed by atoms with van der Waals surface area (Å²) in [6, 6.07) is 2.95. The van der Waals surface area contributed by atoms with E-state index in [0.29, 0.717) is 40.4 Å². The Morgan fingerprint density at radius 2 is 1.88 bits per heavy atom. The van der Waals surface area contributed by atoms with Crippen LogP contribution >= 0.6 is 34.8 Å². The standard InChI is InChI=1S/C18H18Cl3NO3/c1-8-15-13(23)6-18(2,3)7-14(15)25-16(8)17(24)22-12-5-10(20)9(19)4-11(12)21/h4-5,13,23H,6-7H2,1-3H3,(H,22,24). The molecule has 4 nitrogen and oxygen atoms in total. The number of carbonyl (C=O) groups is 1. The van der Waals surface area contributed by atoms with E-state index in [1.165, 1.54) is 12.1 Å². The van der Waals surface area contributed by atoms with Gasteiger partial charge in [0.05, 0.1) is 26.9 Å². The zero-order valence-electron chi connectivity index (χ0n) is 14.0. The quantitative estimate of drug-likeness (QED) is 0.623. The number of carbonyl (C=O) groups excluding carboxylic acids is 1. The second-order valence-corrected chi connectivity index (χ2v) is 8.38. The summed E-state index contributed by atoms with van der Waals surface area (Å²) in [6.45, 7) is 5.90. The molecule has 0 radical (unpaired) electrons. The van der Waals surface area contributed by atoms with Crippen LogP contribution in [0.15, 0.2) is 16.5 Å². The van der Waals surface area contributed by atoms with Crippen LogP contribution in [0.1, 0.15) is 53.8 Å². The molecule has 1 aromatic carbocycles. The zero-order chi connectivity index (χ0) is 18.5. The second-order valence-electron chi connectivity index (χ2n) is 7.15. The lowest BCUT2D eigenvalue weighted by Gasteiger charge is -2.31. The summed E-state index contributed by atoms with van der Waals surface area (Å²) >= 11 is 18.0. The van der Waals surface area contributed by atoms with Gasteiger partial charge in [-0.1, -0.05) is 48.7 Å². The van der Waals surface area contributed by atoms with Gasteiger partial charge >= 0.3 is 0 Å². The van der Waals surface area contributed by atoms with E-state index in [1.807, 2.05) is 0 Å². The third-order valence-electron chi connectivity index (χ3n) is 4.45. The number of rotatable bonds is 2. The Labute approximate surface area is 161 Å². The molecule has 0 saturated carbocycles. The fourth-order valence-electron chi connectivity index (χ4n) is 3.30. The lowest BCUT2D eigenvalue weighted by Crippen LogP contribution is -2.24. The van der Waals surface area contributed by atoms with E-state index in [0.717, 1.165) is 0 Å². The first-order valence-electron chi connectivity index (χ1n) is 7.85. The van der Waals surface area contributed by atoms with Crippen molar-refractivity contribution in [3.05, 3.63) is 49.8 Å². The number of amides is 1. The summed E-state index contributed by atoms with van der Waals surface area (Å²) in [4.78, 5) is 12.6. The third-order valence-corrected chi connectivity index (χ3v) is 5.49. The van der Waals surface area contributed by atoms with E-state index in [1.54, 1.807) is 6.92 Å². The molecule has 3 rings (SSSR count). The molecule has 2 aromatic rings. The van der Waals surface area contributed by atoms with Gasteiger partial charge < -0.3 is 14.8 Å². The molecule has 0 aliphatic heterocycles. The normalized spacial score (nSPS) is 18.8. The maximum absolute atomic E-state index is 12.6. The highest BCUT2D eigenvalue weighted by Gasteiger charge is 2.37. The van der Waals surface area contributed by atoms with Gasteiger partial charge in [0.2, 0.25) is 0 Å². The first-order valence-corrected chi connectivity index (χ1v) is 8.98. The first kappa shape index (κ1) is 18.6. The monoisotopic (exact) mass is 401 g/mol. The number of halogens is 3. The first-order chi connectivity index (χ1) is 11.6. The van der Waals surface area contributed by atoms with Crippen LogP contribution in [0.4, 0.5) is 5.69 Å². The van der Waals surface area contributed by atoms with Crippen LogP contribution in [0.25, 0.3) is 0 Å². The molecule has 0 bridgehead atoms.